The summed E-state index contributed by atoms with van der Waals surface area (Å²) in [5, 5.41) is 3.19. The van der Waals surface area contributed by atoms with Crippen LogP contribution in [0.25, 0.3) is 0 Å². The molecular formula is C19H23NO3. The van der Waals surface area contributed by atoms with Gasteiger partial charge in [0, 0.05) is 5.92 Å². The molecule has 0 saturated carbocycles. The number of allylic oxidation sites excluding steroid dienone is 3. The predicted octanol–water partition coefficient (Wildman–Crippen LogP) is 3.15. The highest BCUT2D eigenvalue weighted by molar-refractivity contribution is 5.77. The molecule has 0 radical (unpaired) electrons. The number of hydrogen-bond acceptors (Lipinski definition) is 4. The van der Waals surface area contributed by atoms with Crippen molar-refractivity contribution in [3.05, 3.63) is 66.0 Å². The zero-order chi connectivity index (χ0) is 16.7. The van der Waals surface area contributed by atoms with Gasteiger partial charge in [0.05, 0.1) is 13.4 Å². The Morgan fingerprint density at radius 2 is 2.13 bits per heavy atom. The maximum absolute atomic E-state index is 12.1. The Morgan fingerprint density at radius 3 is 2.83 bits per heavy atom. The van der Waals surface area contributed by atoms with Gasteiger partial charge >= 0.3 is 5.97 Å². The highest BCUT2D eigenvalue weighted by Gasteiger charge is 2.29. The van der Waals surface area contributed by atoms with Crippen molar-refractivity contribution in [2.24, 2.45) is 5.92 Å². The van der Waals surface area contributed by atoms with Crippen molar-refractivity contribution in [1.82, 2.24) is 5.32 Å². The second-order valence-corrected chi connectivity index (χ2v) is 5.33. The van der Waals surface area contributed by atoms with Crippen molar-refractivity contribution in [1.29, 1.82) is 0 Å². The van der Waals surface area contributed by atoms with Crippen molar-refractivity contribution in [3.8, 4) is 5.75 Å². The lowest BCUT2D eigenvalue weighted by Crippen LogP contribution is -2.43. The highest BCUT2D eigenvalue weighted by Crippen LogP contribution is 2.25. The lowest BCUT2D eigenvalue weighted by atomic mass is 9.88. The lowest BCUT2D eigenvalue weighted by molar-refractivity contribution is -0.143. The van der Waals surface area contributed by atoms with Crippen LogP contribution in [0.2, 0.25) is 0 Å². The Balaban J connectivity index is 2.22. The van der Waals surface area contributed by atoms with E-state index < -0.39 is 6.04 Å². The van der Waals surface area contributed by atoms with Gasteiger partial charge in [-0.05, 0) is 30.7 Å². The minimum absolute atomic E-state index is 0.128. The molecule has 0 fully saturated rings. The van der Waals surface area contributed by atoms with Crippen LogP contribution in [0.3, 0.4) is 0 Å². The average Bonchev–Trinajstić information content (AvgIpc) is 2.59. The summed E-state index contributed by atoms with van der Waals surface area (Å²) in [5.74, 6) is 0.398. The molecule has 1 aromatic rings. The molecule has 2 rings (SSSR count). The normalized spacial score (nSPS) is 19.6. The molecule has 0 aromatic heterocycles. The van der Waals surface area contributed by atoms with Gasteiger partial charge in [-0.15, -0.1) is 0 Å². The fourth-order valence-corrected chi connectivity index (χ4v) is 2.52. The number of esters is 1. The van der Waals surface area contributed by atoms with E-state index in [0.717, 1.165) is 16.9 Å². The number of carbonyl (C=O) groups excluding carboxylic acids is 1. The van der Waals surface area contributed by atoms with Gasteiger partial charge in [-0.1, -0.05) is 49.4 Å². The molecule has 0 heterocycles. The summed E-state index contributed by atoms with van der Waals surface area (Å²) >= 11 is 0. The number of rotatable bonds is 6. The van der Waals surface area contributed by atoms with Crippen LogP contribution in [0, 0.1) is 12.8 Å². The van der Waals surface area contributed by atoms with Crippen molar-refractivity contribution in [3.63, 3.8) is 0 Å². The average molecular weight is 313 g/mol. The molecule has 2 atom stereocenters. The van der Waals surface area contributed by atoms with Gasteiger partial charge in [0.2, 0.25) is 0 Å². The first-order valence-electron chi connectivity index (χ1n) is 7.75. The summed E-state index contributed by atoms with van der Waals surface area (Å²) in [6.07, 6.45) is 9.51. The van der Waals surface area contributed by atoms with Crippen LogP contribution in [0.4, 0.5) is 0 Å². The molecule has 1 aliphatic rings. The third kappa shape index (κ3) is 4.33. The van der Waals surface area contributed by atoms with Crippen LogP contribution >= 0.6 is 0 Å². The summed E-state index contributed by atoms with van der Waals surface area (Å²) in [7, 11) is 1.41. The molecule has 4 heteroatoms. The van der Waals surface area contributed by atoms with Gasteiger partial charge in [0.1, 0.15) is 11.8 Å². The zero-order valence-electron chi connectivity index (χ0n) is 13.8. The molecule has 0 bridgehead atoms. The molecule has 1 aromatic carbocycles. The van der Waals surface area contributed by atoms with E-state index in [1.807, 2.05) is 62.4 Å². The monoisotopic (exact) mass is 313 g/mol. The largest absolute Gasteiger partial charge is 0.468 e. The second-order valence-electron chi connectivity index (χ2n) is 5.33. The maximum Gasteiger partial charge on any atom is 0.323 e. The molecule has 0 spiro atoms. The van der Waals surface area contributed by atoms with Gasteiger partial charge in [0.25, 0.3) is 0 Å². The number of carbonyl (C=O) groups is 1. The first kappa shape index (κ1) is 17.0. The minimum atomic E-state index is -0.432. The third-order valence-corrected chi connectivity index (χ3v) is 3.76. The fourth-order valence-electron chi connectivity index (χ4n) is 2.52. The maximum atomic E-state index is 12.1. The van der Waals surface area contributed by atoms with Crippen molar-refractivity contribution < 1.29 is 14.3 Å². The van der Waals surface area contributed by atoms with E-state index >= 15 is 0 Å². The van der Waals surface area contributed by atoms with Crippen LogP contribution in [0.5, 0.6) is 5.75 Å². The van der Waals surface area contributed by atoms with E-state index in [1.165, 1.54) is 7.11 Å². The number of para-hydroxylation sites is 1. The summed E-state index contributed by atoms with van der Waals surface area (Å²) in [6, 6.07) is 7.40. The van der Waals surface area contributed by atoms with Crippen LogP contribution < -0.4 is 10.1 Å². The van der Waals surface area contributed by atoms with E-state index in [1.54, 1.807) is 6.26 Å². The van der Waals surface area contributed by atoms with E-state index in [9.17, 15) is 4.79 Å². The van der Waals surface area contributed by atoms with E-state index in [2.05, 4.69) is 5.32 Å². The molecule has 0 amide bonds. The fraction of sp³-hybridized carbons (Fsp3) is 0.316. The van der Waals surface area contributed by atoms with Gasteiger partial charge in [-0.2, -0.15) is 0 Å². The number of likely N-dealkylation sites (N-methyl/N-ethyl adjacent to an activating group) is 1. The minimum Gasteiger partial charge on any atom is -0.468 e. The van der Waals surface area contributed by atoms with Gasteiger partial charge in [-0.3, -0.25) is 4.79 Å². The summed E-state index contributed by atoms with van der Waals surface area (Å²) < 4.78 is 10.7. The molecule has 2 unspecified atom stereocenters. The number of nitrogens with one attached hydrogen (secondary N) is 1. The number of methoxy groups -OCH3 is 1. The molecule has 122 valence electrons. The van der Waals surface area contributed by atoms with E-state index in [-0.39, 0.29) is 11.9 Å². The van der Waals surface area contributed by atoms with Crippen LogP contribution in [0.1, 0.15) is 12.5 Å². The zero-order valence-corrected chi connectivity index (χ0v) is 13.8. The van der Waals surface area contributed by atoms with Gasteiger partial charge < -0.3 is 14.8 Å². The molecule has 0 aliphatic heterocycles. The van der Waals surface area contributed by atoms with E-state index in [4.69, 9.17) is 9.47 Å². The predicted molar refractivity (Wildman–Crippen MR) is 91.1 cm³/mol. The Bertz CT molecular complexity index is 631. The molecular weight excluding hydrogens is 290 g/mol. The summed E-state index contributed by atoms with van der Waals surface area (Å²) in [6.45, 7) is 4.64. The Hall–Kier alpha value is -2.33. The van der Waals surface area contributed by atoms with E-state index in [0.29, 0.717) is 6.54 Å². The smallest absolute Gasteiger partial charge is 0.323 e. The molecule has 4 nitrogen and oxygen atoms in total. The molecule has 1 aliphatic carbocycles. The third-order valence-electron chi connectivity index (χ3n) is 3.76. The first-order chi connectivity index (χ1) is 11.2. The first-order valence-corrected chi connectivity index (χ1v) is 7.75. The second kappa shape index (κ2) is 8.34. The SMILES string of the molecule is CCNC(C(=O)OC)C1C=CC=CC1=COc1ccccc1C. The van der Waals surface area contributed by atoms with Crippen molar-refractivity contribution in [2.45, 2.75) is 19.9 Å². The Kier molecular flexibility index (Phi) is 6.18. The van der Waals surface area contributed by atoms with Crippen LogP contribution in [-0.2, 0) is 9.53 Å². The molecule has 23 heavy (non-hydrogen) atoms. The van der Waals surface area contributed by atoms with Gasteiger partial charge in [-0.25, -0.2) is 0 Å². The highest BCUT2D eigenvalue weighted by atomic mass is 16.5. The number of aryl methyl sites for hydroxylation is 1. The Labute approximate surface area is 137 Å². The number of benzene rings is 1. The molecule has 0 saturated heterocycles. The quantitative estimate of drug-likeness (QED) is 0.647. The standard InChI is InChI=1S/C19H23NO3/c1-4-20-18(19(21)22-3)16-11-7-6-10-15(16)13-23-17-12-8-5-9-14(17)2/h5-13,16,18,20H,4H2,1-3H3. The van der Waals surface area contributed by atoms with Crippen LogP contribution in [-0.4, -0.2) is 25.7 Å². The summed E-state index contributed by atoms with van der Waals surface area (Å²) in [4.78, 5) is 12.1. The van der Waals surface area contributed by atoms with Crippen molar-refractivity contribution >= 4 is 5.97 Å². The molecule has 1 N–H and O–H groups in total. The lowest BCUT2D eigenvalue weighted by Gasteiger charge is -2.25. The number of hydrogen-bond donors (Lipinski definition) is 1. The summed E-state index contributed by atoms with van der Waals surface area (Å²) in [5.41, 5.74) is 1.99. The Morgan fingerprint density at radius 1 is 1.35 bits per heavy atom. The topological polar surface area (TPSA) is 47.6 Å². The number of ether oxygens (including phenoxy) is 2. The van der Waals surface area contributed by atoms with Gasteiger partial charge in [0.15, 0.2) is 0 Å². The van der Waals surface area contributed by atoms with Crippen LogP contribution in [0.15, 0.2) is 60.4 Å². The van der Waals surface area contributed by atoms with Crippen molar-refractivity contribution in [2.75, 3.05) is 13.7 Å².